The van der Waals surface area contributed by atoms with Gasteiger partial charge in [-0.25, -0.2) is 0 Å². The van der Waals surface area contributed by atoms with Crippen LogP contribution >= 0.6 is 0 Å². The number of methoxy groups -OCH3 is 1. The highest BCUT2D eigenvalue weighted by Gasteiger charge is 2.13. The van der Waals surface area contributed by atoms with Gasteiger partial charge in [-0.05, 0) is 53.0 Å². The zero-order valence-corrected chi connectivity index (χ0v) is 17.3. The fraction of sp³-hybridized carbons (Fsp3) is 0.0833. The molecule has 2 aromatic heterocycles. The molecule has 0 amide bonds. The standard InChI is InChI=1S/C24H20N4O4/c1-32-23-10-8-18(15-20(23)17-27-14-11-24(25-27)28(30)31)7-9-22(29)19-5-4-6-21(16-19)26-12-2-3-13-26/h2-16H,17H2,1H3/b9-7+. The summed E-state index contributed by atoms with van der Waals surface area (Å²) in [5, 5.41) is 14.8. The number of allylic oxidation sites excluding steroid dienone is 1. The molecule has 8 heteroatoms. The van der Waals surface area contributed by atoms with Gasteiger partial charge in [-0.3, -0.25) is 4.79 Å². The minimum atomic E-state index is -0.538. The van der Waals surface area contributed by atoms with Crippen LogP contribution in [0.3, 0.4) is 0 Å². The van der Waals surface area contributed by atoms with Gasteiger partial charge in [-0.2, -0.15) is 4.68 Å². The summed E-state index contributed by atoms with van der Waals surface area (Å²) in [4.78, 5) is 23.0. The monoisotopic (exact) mass is 428 g/mol. The molecular formula is C24H20N4O4. The Morgan fingerprint density at radius 3 is 2.62 bits per heavy atom. The second-order valence-electron chi connectivity index (χ2n) is 7.04. The Kier molecular flexibility index (Phi) is 5.94. The van der Waals surface area contributed by atoms with E-state index in [1.807, 2.05) is 59.4 Å². The van der Waals surface area contributed by atoms with Crippen molar-refractivity contribution in [2.24, 2.45) is 0 Å². The van der Waals surface area contributed by atoms with Gasteiger partial charge in [0.2, 0.25) is 0 Å². The number of aromatic nitrogens is 3. The van der Waals surface area contributed by atoms with E-state index in [4.69, 9.17) is 4.74 Å². The second-order valence-corrected chi connectivity index (χ2v) is 7.04. The van der Waals surface area contributed by atoms with Crippen LogP contribution < -0.4 is 4.74 Å². The van der Waals surface area contributed by atoms with Gasteiger partial charge in [0.1, 0.15) is 5.75 Å². The number of nitro groups is 1. The number of carbonyl (C=O) groups is 1. The molecule has 0 aliphatic carbocycles. The summed E-state index contributed by atoms with van der Waals surface area (Å²) < 4.78 is 8.82. The lowest BCUT2D eigenvalue weighted by atomic mass is 10.1. The SMILES string of the molecule is COc1ccc(/C=C/C(=O)c2cccc(-n3cccc3)c2)cc1Cn1ccc([N+](=O)[O-])n1. The average molecular weight is 428 g/mol. The summed E-state index contributed by atoms with van der Waals surface area (Å²) in [5.41, 5.74) is 3.09. The van der Waals surface area contributed by atoms with Crippen molar-refractivity contribution in [1.82, 2.24) is 14.3 Å². The van der Waals surface area contributed by atoms with E-state index in [0.29, 0.717) is 17.9 Å². The van der Waals surface area contributed by atoms with Crippen molar-refractivity contribution < 1.29 is 14.5 Å². The zero-order chi connectivity index (χ0) is 22.5. The maximum absolute atomic E-state index is 12.7. The average Bonchev–Trinajstić information content (AvgIpc) is 3.50. The smallest absolute Gasteiger partial charge is 0.389 e. The van der Waals surface area contributed by atoms with Crippen LogP contribution in [0.15, 0.2) is 85.3 Å². The Bertz CT molecular complexity index is 1290. The number of hydrogen-bond acceptors (Lipinski definition) is 5. The van der Waals surface area contributed by atoms with Crippen LogP contribution in [0.1, 0.15) is 21.5 Å². The third kappa shape index (κ3) is 4.65. The predicted molar refractivity (Wildman–Crippen MR) is 120 cm³/mol. The van der Waals surface area contributed by atoms with E-state index >= 15 is 0 Å². The maximum Gasteiger partial charge on any atom is 0.389 e. The van der Waals surface area contributed by atoms with Crippen LogP contribution in [0.5, 0.6) is 5.75 Å². The molecule has 0 unspecified atom stereocenters. The maximum atomic E-state index is 12.7. The summed E-state index contributed by atoms with van der Waals surface area (Å²) in [6.07, 6.45) is 8.65. The van der Waals surface area contributed by atoms with Gasteiger partial charge >= 0.3 is 5.82 Å². The molecule has 0 aliphatic heterocycles. The first kappa shape index (κ1) is 20.8. The van der Waals surface area contributed by atoms with Crippen LogP contribution in [0.4, 0.5) is 5.82 Å². The van der Waals surface area contributed by atoms with Gasteiger partial charge in [0.25, 0.3) is 0 Å². The number of ether oxygens (including phenoxy) is 1. The van der Waals surface area contributed by atoms with E-state index in [1.165, 1.54) is 16.8 Å². The molecule has 2 heterocycles. The van der Waals surface area contributed by atoms with Gasteiger partial charge in [-0.1, -0.05) is 24.3 Å². The van der Waals surface area contributed by atoms with E-state index in [1.54, 1.807) is 31.5 Å². The molecule has 4 rings (SSSR count). The molecule has 0 bridgehead atoms. The topological polar surface area (TPSA) is 92.2 Å². The summed E-state index contributed by atoms with van der Waals surface area (Å²) in [7, 11) is 1.56. The van der Waals surface area contributed by atoms with Crippen molar-refractivity contribution in [2.75, 3.05) is 7.11 Å². The first-order valence-electron chi connectivity index (χ1n) is 9.84. The molecule has 0 radical (unpaired) electrons. The summed E-state index contributed by atoms with van der Waals surface area (Å²) >= 11 is 0. The number of ketones is 1. The molecule has 160 valence electrons. The lowest BCUT2D eigenvalue weighted by Crippen LogP contribution is -2.03. The Labute approximate surface area is 184 Å². The molecule has 0 saturated heterocycles. The fourth-order valence-electron chi connectivity index (χ4n) is 3.33. The largest absolute Gasteiger partial charge is 0.496 e. The molecule has 0 aliphatic rings. The number of rotatable bonds is 8. The molecule has 8 nitrogen and oxygen atoms in total. The molecule has 0 atom stereocenters. The third-order valence-corrected chi connectivity index (χ3v) is 4.91. The van der Waals surface area contributed by atoms with Crippen molar-refractivity contribution in [1.29, 1.82) is 0 Å². The summed E-state index contributed by atoms with van der Waals surface area (Å²) in [6, 6.07) is 18.1. The molecule has 0 spiro atoms. The highest BCUT2D eigenvalue weighted by molar-refractivity contribution is 6.07. The van der Waals surface area contributed by atoms with Crippen LogP contribution in [0.25, 0.3) is 11.8 Å². The third-order valence-electron chi connectivity index (χ3n) is 4.91. The van der Waals surface area contributed by atoms with Gasteiger partial charge in [0.15, 0.2) is 5.78 Å². The Hall–Kier alpha value is -4.46. The van der Waals surface area contributed by atoms with E-state index in [9.17, 15) is 14.9 Å². The quantitative estimate of drug-likeness (QED) is 0.178. The highest BCUT2D eigenvalue weighted by atomic mass is 16.6. The van der Waals surface area contributed by atoms with Crippen LogP contribution in [0, 0.1) is 10.1 Å². The zero-order valence-electron chi connectivity index (χ0n) is 17.3. The summed E-state index contributed by atoms with van der Waals surface area (Å²) in [6.45, 7) is 0.297. The van der Waals surface area contributed by atoms with Crippen molar-refractivity contribution in [2.45, 2.75) is 6.54 Å². The molecule has 2 aromatic carbocycles. The number of hydrogen-bond donors (Lipinski definition) is 0. The molecule has 0 fully saturated rings. The lowest BCUT2D eigenvalue weighted by molar-refractivity contribution is -0.389. The second kappa shape index (κ2) is 9.13. The summed E-state index contributed by atoms with van der Waals surface area (Å²) in [5.74, 6) is 0.304. The molecule has 0 N–H and O–H groups in total. The van der Waals surface area contributed by atoms with Crippen molar-refractivity contribution in [3.8, 4) is 11.4 Å². The predicted octanol–water partition coefficient (Wildman–Crippen LogP) is 4.54. The minimum Gasteiger partial charge on any atom is -0.496 e. The van der Waals surface area contributed by atoms with Crippen molar-refractivity contribution in [3.63, 3.8) is 0 Å². The van der Waals surface area contributed by atoms with Gasteiger partial charge in [0.05, 0.1) is 31.0 Å². The normalized spacial score (nSPS) is 11.0. The number of nitrogens with zero attached hydrogens (tertiary/aromatic N) is 4. The molecule has 32 heavy (non-hydrogen) atoms. The van der Waals surface area contributed by atoms with E-state index in [2.05, 4.69) is 5.10 Å². The van der Waals surface area contributed by atoms with E-state index in [-0.39, 0.29) is 11.6 Å². The van der Waals surface area contributed by atoms with Gasteiger partial charge in [0, 0.05) is 29.2 Å². The van der Waals surface area contributed by atoms with E-state index in [0.717, 1.165) is 16.8 Å². The Balaban J connectivity index is 1.53. The Morgan fingerprint density at radius 2 is 1.91 bits per heavy atom. The highest BCUT2D eigenvalue weighted by Crippen LogP contribution is 2.22. The number of carbonyl (C=O) groups excluding carboxylic acids is 1. The van der Waals surface area contributed by atoms with E-state index < -0.39 is 4.92 Å². The fourth-order valence-corrected chi connectivity index (χ4v) is 3.33. The van der Waals surface area contributed by atoms with Crippen molar-refractivity contribution in [3.05, 3.63) is 112 Å². The van der Waals surface area contributed by atoms with Crippen molar-refractivity contribution >= 4 is 17.7 Å². The lowest BCUT2D eigenvalue weighted by Gasteiger charge is -2.08. The first-order chi connectivity index (χ1) is 15.5. The van der Waals surface area contributed by atoms with Crippen LogP contribution in [-0.4, -0.2) is 32.2 Å². The van der Waals surface area contributed by atoms with Crippen LogP contribution in [-0.2, 0) is 6.54 Å². The molecule has 4 aromatic rings. The van der Waals surface area contributed by atoms with Gasteiger partial charge in [-0.15, -0.1) is 0 Å². The van der Waals surface area contributed by atoms with Gasteiger partial charge < -0.3 is 19.4 Å². The molecular weight excluding hydrogens is 408 g/mol. The minimum absolute atomic E-state index is 0.112. The number of benzene rings is 2. The molecule has 0 saturated carbocycles. The van der Waals surface area contributed by atoms with Crippen LogP contribution in [0.2, 0.25) is 0 Å². The first-order valence-corrected chi connectivity index (χ1v) is 9.84. The Morgan fingerprint density at radius 1 is 1.09 bits per heavy atom.